The summed E-state index contributed by atoms with van der Waals surface area (Å²) in [7, 11) is 1.88. The van der Waals surface area contributed by atoms with E-state index < -0.39 is 0 Å². The number of benzene rings is 1. The summed E-state index contributed by atoms with van der Waals surface area (Å²) >= 11 is 8.89. The third kappa shape index (κ3) is 5.46. The molecule has 7 nitrogen and oxygen atoms in total. The Morgan fingerprint density at radius 2 is 1.86 bits per heavy atom. The van der Waals surface area contributed by atoms with Crippen LogP contribution in [0, 0.1) is 13.8 Å². The second-order valence-electron chi connectivity index (χ2n) is 6.00. The fraction of sp³-hybridized carbons (Fsp3) is 0.278. The first-order valence-electron chi connectivity index (χ1n) is 8.43. The molecule has 0 saturated carbocycles. The minimum absolute atomic E-state index is 0.152. The van der Waals surface area contributed by atoms with Gasteiger partial charge in [-0.1, -0.05) is 47.3 Å². The molecule has 0 aliphatic rings. The molecule has 1 aromatic carbocycles. The number of halogens is 1. The number of para-hydroxylation sites is 1. The van der Waals surface area contributed by atoms with Gasteiger partial charge in [-0.2, -0.15) is 0 Å². The van der Waals surface area contributed by atoms with Crippen LogP contribution in [-0.2, 0) is 17.6 Å². The van der Waals surface area contributed by atoms with Crippen LogP contribution in [0.3, 0.4) is 0 Å². The molecule has 28 heavy (non-hydrogen) atoms. The van der Waals surface area contributed by atoms with Crippen molar-refractivity contribution in [3.05, 3.63) is 52.6 Å². The van der Waals surface area contributed by atoms with E-state index in [4.69, 9.17) is 11.6 Å². The lowest BCUT2D eigenvalue weighted by Crippen LogP contribution is -2.14. The fourth-order valence-corrected chi connectivity index (χ4v) is 4.20. The van der Waals surface area contributed by atoms with Crippen molar-refractivity contribution < 1.29 is 4.79 Å². The van der Waals surface area contributed by atoms with E-state index in [1.165, 1.54) is 23.5 Å². The highest BCUT2D eigenvalue weighted by molar-refractivity contribution is 7.99. The van der Waals surface area contributed by atoms with Crippen LogP contribution < -0.4 is 5.32 Å². The Hall–Kier alpha value is -2.10. The van der Waals surface area contributed by atoms with Crippen LogP contribution in [0.15, 0.2) is 40.6 Å². The Bertz CT molecular complexity index is 974. The smallest absolute Gasteiger partial charge is 0.234 e. The summed E-state index contributed by atoms with van der Waals surface area (Å²) in [6, 6.07) is 9.07. The topological polar surface area (TPSA) is 85.6 Å². The van der Waals surface area contributed by atoms with Crippen molar-refractivity contribution in [2.24, 2.45) is 7.05 Å². The maximum Gasteiger partial charge on any atom is 0.234 e. The molecule has 1 N–H and O–H groups in total. The van der Waals surface area contributed by atoms with Crippen molar-refractivity contribution in [1.29, 1.82) is 0 Å². The molecule has 0 fully saturated rings. The SMILES string of the molecule is Cc1cc(C)nc(SCc2nnc(SCC(=O)Nc3ccccc3Cl)n2C)n1. The van der Waals surface area contributed by atoms with Crippen molar-refractivity contribution in [3.8, 4) is 0 Å². The second-order valence-corrected chi connectivity index (χ2v) is 8.29. The molecule has 1 amide bonds. The maximum absolute atomic E-state index is 12.2. The standard InChI is InChI=1S/C18H19ClN6OS2/c1-11-8-12(2)21-17(20-11)27-9-15-23-24-18(25(15)3)28-10-16(26)22-14-7-5-4-6-13(14)19/h4-8H,9-10H2,1-3H3,(H,22,26). The quantitative estimate of drug-likeness (QED) is 0.445. The average Bonchev–Trinajstić information content (AvgIpc) is 2.99. The molecule has 10 heteroatoms. The highest BCUT2D eigenvalue weighted by atomic mass is 35.5. The van der Waals surface area contributed by atoms with Crippen LogP contribution in [0.5, 0.6) is 0 Å². The predicted molar refractivity (Wildman–Crippen MR) is 113 cm³/mol. The summed E-state index contributed by atoms with van der Waals surface area (Å²) in [4.78, 5) is 21.0. The van der Waals surface area contributed by atoms with Gasteiger partial charge in [0.2, 0.25) is 5.91 Å². The number of nitrogens with zero attached hydrogens (tertiary/aromatic N) is 5. The van der Waals surface area contributed by atoms with Crippen LogP contribution in [-0.4, -0.2) is 36.4 Å². The van der Waals surface area contributed by atoms with Gasteiger partial charge in [0.1, 0.15) is 5.82 Å². The Kier molecular flexibility index (Phi) is 6.93. The van der Waals surface area contributed by atoms with E-state index in [9.17, 15) is 4.79 Å². The number of hydrogen-bond donors (Lipinski definition) is 1. The molecule has 0 radical (unpaired) electrons. The molecule has 0 aliphatic carbocycles. The van der Waals surface area contributed by atoms with E-state index in [1.54, 1.807) is 12.1 Å². The third-order valence-corrected chi connectivity index (χ3v) is 5.89. The van der Waals surface area contributed by atoms with Crippen molar-refractivity contribution in [2.75, 3.05) is 11.1 Å². The van der Waals surface area contributed by atoms with Gasteiger partial charge in [-0.15, -0.1) is 10.2 Å². The number of anilines is 1. The minimum atomic E-state index is -0.152. The van der Waals surface area contributed by atoms with Crippen LogP contribution in [0.2, 0.25) is 5.02 Å². The number of aryl methyl sites for hydroxylation is 2. The number of aromatic nitrogens is 5. The van der Waals surface area contributed by atoms with E-state index >= 15 is 0 Å². The van der Waals surface area contributed by atoms with Gasteiger partial charge >= 0.3 is 0 Å². The van der Waals surface area contributed by atoms with Crippen molar-refractivity contribution in [2.45, 2.75) is 29.9 Å². The molecular weight excluding hydrogens is 416 g/mol. The van der Waals surface area contributed by atoms with E-state index in [1.807, 2.05) is 43.7 Å². The van der Waals surface area contributed by atoms with Crippen molar-refractivity contribution in [1.82, 2.24) is 24.7 Å². The molecule has 0 bridgehead atoms. The van der Waals surface area contributed by atoms with E-state index in [-0.39, 0.29) is 11.7 Å². The monoisotopic (exact) mass is 434 g/mol. The number of amides is 1. The highest BCUT2D eigenvalue weighted by Gasteiger charge is 2.13. The number of hydrogen-bond acceptors (Lipinski definition) is 7. The van der Waals surface area contributed by atoms with Gasteiger partial charge in [0.05, 0.1) is 22.2 Å². The first-order valence-corrected chi connectivity index (χ1v) is 10.8. The summed E-state index contributed by atoms with van der Waals surface area (Å²) in [5.74, 6) is 1.45. The van der Waals surface area contributed by atoms with Gasteiger partial charge in [0.25, 0.3) is 0 Å². The average molecular weight is 435 g/mol. The Labute approximate surface area is 176 Å². The number of carbonyl (C=O) groups excluding carboxylic acids is 1. The molecule has 0 spiro atoms. The number of rotatable bonds is 7. The number of carbonyl (C=O) groups is 1. The Morgan fingerprint density at radius 1 is 1.14 bits per heavy atom. The molecule has 146 valence electrons. The van der Waals surface area contributed by atoms with Gasteiger partial charge in [0, 0.05) is 18.4 Å². The van der Waals surface area contributed by atoms with E-state index in [2.05, 4.69) is 25.5 Å². The molecule has 0 unspecified atom stereocenters. The Balaban J connectivity index is 1.55. The third-order valence-electron chi connectivity index (χ3n) is 3.70. The second kappa shape index (κ2) is 9.40. The highest BCUT2D eigenvalue weighted by Crippen LogP contribution is 2.23. The molecule has 3 aromatic rings. The van der Waals surface area contributed by atoms with Crippen LogP contribution in [0.4, 0.5) is 5.69 Å². The van der Waals surface area contributed by atoms with Crippen molar-refractivity contribution in [3.63, 3.8) is 0 Å². The van der Waals surface area contributed by atoms with Gasteiger partial charge in [-0.05, 0) is 32.0 Å². The summed E-state index contributed by atoms with van der Waals surface area (Å²) in [5.41, 5.74) is 2.47. The first-order chi connectivity index (χ1) is 13.4. The molecule has 0 saturated heterocycles. The molecule has 2 aromatic heterocycles. The Morgan fingerprint density at radius 3 is 2.57 bits per heavy atom. The zero-order chi connectivity index (χ0) is 20.1. The maximum atomic E-state index is 12.2. The molecule has 2 heterocycles. The minimum Gasteiger partial charge on any atom is -0.324 e. The zero-order valence-corrected chi connectivity index (χ0v) is 18.0. The van der Waals surface area contributed by atoms with Crippen LogP contribution >= 0.6 is 35.1 Å². The first kappa shape index (κ1) is 20.6. The van der Waals surface area contributed by atoms with E-state index in [0.29, 0.717) is 26.8 Å². The van der Waals surface area contributed by atoms with Crippen LogP contribution in [0.1, 0.15) is 17.2 Å². The summed E-state index contributed by atoms with van der Waals surface area (Å²) in [6.07, 6.45) is 0. The lowest BCUT2D eigenvalue weighted by molar-refractivity contribution is -0.113. The van der Waals surface area contributed by atoms with Gasteiger partial charge in [0.15, 0.2) is 10.3 Å². The van der Waals surface area contributed by atoms with Crippen molar-refractivity contribution >= 4 is 46.7 Å². The van der Waals surface area contributed by atoms with Gasteiger partial charge in [-0.25, -0.2) is 9.97 Å². The zero-order valence-electron chi connectivity index (χ0n) is 15.6. The largest absolute Gasteiger partial charge is 0.324 e. The lowest BCUT2D eigenvalue weighted by Gasteiger charge is -2.07. The van der Waals surface area contributed by atoms with E-state index in [0.717, 1.165) is 17.2 Å². The molecule has 0 atom stereocenters. The van der Waals surface area contributed by atoms with Gasteiger partial charge in [-0.3, -0.25) is 4.79 Å². The lowest BCUT2D eigenvalue weighted by atomic mass is 10.3. The molecule has 3 rings (SSSR count). The predicted octanol–water partition coefficient (Wildman–Crippen LogP) is 3.90. The normalized spacial score (nSPS) is 10.9. The van der Waals surface area contributed by atoms with Crippen LogP contribution in [0.25, 0.3) is 0 Å². The number of nitrogens with one attached hydrogen (secondary N) is 1. The number of thioether (sulfide) groups is 2. The molecule has 0 aliphatic heterocycles. The summed E-state index contributed by atoms with van der Waals surface area (Å²) in [6.45, 7) is 3.90. The fourth-order valence-electron chi connectivity index (χ4n) is 2.36. The van der Waals surface area contributed by atoms with Gasteiger partial charge < -0.3 is 9.88 Å². The summed E-state index contributed by atoms with van der Waals surface area (Å²) in [5, 5.41) is 13.1. The summed E-state index contributed by atoms with van der Waals surface area (Å²) < 4.78 is 1.88. The molecular formula is C18H19ClN6OS2.